The number of allylic oxidation sites excluding steroid dienone is 4. The lowest BCUT2D eigenvalue weighted by atomic mass is 9.84. The number of pyridine rings is 2. The predicted octanol–water partition coefficient (Wildman–Crippen LogP) is 2.41. The van der Waals surface area contributed by atoms with E-state index in [0.29, 0.717) is 29.9 Å². The molecule has 42 heavy (non-hydrogen) atoms. The van der Waals surface area contributed by atoms with Crippen LogP contribution >= 0.6 is 11.6 Å². The van der Waals surface area contributed by atoms with Crippen LogP contribution in [0.15, 0.2) is 58.5 Å². The number of likely N-dealkylation sites (tertiary alicyclic amines) is 1. The van der Waals surface area contributed by atoms with Gasteiger partial charge in [0.15, 0.2) is 0 Å². The molecule has 0 atom stereocenters. The highest BCUT2D eigenvalue weighted by Crippen LogP contribution is 2.28. The largest absolute Gasteiger partial charge is 0.352 e. The predicted molar refractivity (Wildman–Crippen MR) is 163 cm³/mol. The standard InChI is InChI=1S/C29H36ClN5O6S/c1-6-22(30)8-7-19(2)9-10-31-27(38)23-14-20-13-21(26(37)32-11-12-42(5,40)41)15-33-25(20)35(28(23)39)16-24(36)34-17-29(3,4)18-34/h6-8,13-15H,1,9-12,16-18H2,2-5H3,(H,31,38)(H,32,37). The molecule has 0 spiro atoms. The van der Waals surface area contributed by atoms with E-state index in [2.05, 4.69) is 22.2 Å². The highest BCUT2D eigenvalue weighted by Gasteiger charge is 2.37. The number of fused-ring (bicyclic) bond motifs is 1. The quantitative estimate of drug-likeness (QED) is 0.348. The molecule has 0 bridgehead atoms. The van der Waals surface area contributed by atoms with E-state index in [1.165, 1.54) is 24.4 Å². The first-order valence-corrected chi connectivity index (χ1v) is 15.7. The molecule has 0 unspecified atom stereocenters. The molecule has 2 N–H and O–H groups in total. The second-order valence-electron chi connectivity index (χ2n) is 11.2. The van der Waals surface area contributed by atoms with Crippen molar-refractivity contribution in [3.05, 3.63) is 75.2 Å². The fraction of sp³-hybridized carbons (Fsp3) is 0.414. The summed E-state index contributed by atoms with van der Waals surface area (Å²) in [6.45, 7) is 10.4. The van der Waals surface area contributed by atoms with Gasteiger partial charge in [-0.2, -0.15) is 0 Å². The summed E-state index contributed by atoms with van der Waals surface area (Å²) in [5, 5.41) is 6.03. The average Bonchev–Trinajstić information content (AvgIpc) is 2.90. The van der Waals surface area contributed by atoms with Gasteiger partial charge in [0.1, 0.15) is 27.6 Å². The molecule has 0 radical (unpaired) electrons. The summed E-state index contributed by atoms with van der Waals surface area (Å²) >= 11 is 5.92. The number of halogens is 1. The lowest BCUT2D eigenvalue weighted by molar-refractivity contribution is -0.142. The van der Waals surface area contributed by atoms with Crippen molar-refractivity contribution >= 4 is 50.2 Å². The monoisotopic (exact) mass is 617 g/mol. The van der Waals surface area contributed by atoms with E-state index < -0.39 is 27.2 Å². The van der Waals surface area contributed by atoms with Gasteiger partial charge >= 0.3 is 0 Å². The Morgan fingerprint density at radius 1 is 1.12 bits per heavy atom. The number of hydrogen-bond donors (Lipinski definition) is 2. The van der Waals surface area contributed by atoms with Crippen molar-refractivity contribution in [2.45, 2.75) is 33.7 Å². The second kappa shape index (κ2) is 13.5. The molecule has 11 nitrogen and oxygen atoms in total. The second-order valence-corrected chi connectivity index (χ2v) is 13.9. The molecule has 3 heterocycles. The Labute approximate surface area is 250 Å². The first-order valence-electron chi connectivity index (χ1n) is 13.3. The number of carbonyl (C=O) groups is 3. The summed E-state index contributed by atoms with van der Waals surface area (Å²) in [4.78, 5) is 58.2. The number of nitrogens with one attached hydrogen (secondary N) is 2. The third-order valence-electron chi connectivity index (χ3n) is 6.60. The van der Waals surface area contributed by atoms with Gasteiger partial charge in [0, 0.05) is 49.1 Å². The number of amides is 3. The van der Waals surface area contributed by atoms with Crippen molar-refractivity contribution < 1.29 is 22.8 Å². The van der Waals surface area contributed by atoms with E-state index in [9.17, 15) is 27.6 Å². The Morgan fingerprint density at radius 2 is 1.79 bits per heavy atom. The number of carbonyl (C=O) groups excluding carboxylic acids is 3. The fourth-order valence-corrected chi connectivity index (χ4v) is 4.93. The van der Waals surface area contributed by atoms with Crippen LogP contribution in [0.2, 0.25) is 0 Å². The molecule has 1 fully saturated rings. The average molecular weight is 618 g/mol. The van der Waals surface area contributed by atoms with Crippen molar-refractivity contribution in [3.63, 3.8) is 0 Å². The van der Waals surface area contributed by atoms with Crippen molar-refractivity contribution in [2.75, 3.05) is 38.2 Å². The molecular weight excluding hydrogens is 582 g/mol. The molecule has 1 saturated heterocycles. The summed E-state index contributed by atoms with van der Waals surface area (Å²) in [5.74, 6) is -1.72. The minimum absolute atomic E-state index is 0.0125. The summed E-state index contributed by atoms with van der Waals surface area (Å²) in [6.07, 6.45) is 7.80. The van der Waals surface area contributed by atoms with E-state index in [0.717, 1.165) is 16.4 Å². The van der Waals surface area contributed by atoms with Gasteiger partial charge in [0.2, 0.25) is 5.91 Å². The van der Waals surface area contributed by atoms with E-state index in [-0.39, 0.29) is 53.5 Å². The van der Waals surface area contributed by atoms with Gasteiger partial charge in [0.25, 0.3) is 17.4 Å². The maximum Gasteiger partial charge on any atom is 0.265 e. The molecule has 3 amide bonds. The molecule has 0 aliphatic carbocycles. The smallest absolute Gasteiger partial charge is 0.265 e. The van der Waals surface area contributed by atoms with E-state index in [4.69, 9.17) is 11.6 Å². The number of rotatable bonds is 12. The van der Waals surface area contributed by atoms with Crippen LogP contribution in [0.4, 0.5) is 0 Å². The normalized spacial score (nSPS) is 15.2. The Morgan fingerprint density at radius 3 is 2.40 bits per heavy atom. The fourth-order valence-electron chi connectivity index (χ4n) is 4.39. The molecule has 226 valence electrons. The van der Waals surface area contributed by atoms with Crippen LogP contribution in [0.5, 0.6) is 0 Å². The van der Waals surface area contributed by atoms with Gasteiger partial charge in [0.05, 0.1) is 11.3 Å². The Bertz CT molecular complexity index is 1630. The lowest BCUT2D eigenvalue weighted by Crippen LogP contribution is -2.56. The first kappa shape index (κ1) is 32.7. The third kappa shape index (κ3) is 8.86. The number of sulfone groups is 1. The molecule has 3 rings (SSSR count). The van der Waals surface area contributed by atoms with E-state index in [1.54, 1.807) is 17.1 Å². The SMILES string of the molecule is C=CC(Cl)=CC=C(C)CCNC(=O)c1cc2cc(C(=O)NCCS(C)(=O)=O)cnc2n(CC(=O)N2CC(C)(C)C2)c1=O. The van der Waals surface area contributed by atoms with Crippen LogP contribution < -0.4 is 16.2 Å². The Kier molecular flexibility index (Phi) is 10.5. The van der Waals surface area contributed by atoms with Crippen molar-refractivity contribution in [2.24, 2.45) is 5.41 Å². The molecule has 13 heteroatoms. The van der Waals surface area contributed by atoms with Crippen LogP contribution in [-0.2, 0) is 21.2 Å². The molecular formula is C29H36ClN5O6S. The maximum absolute atomic E-state index is 13.5. The molecule has 1 aliphatic rings. The number of hydrogen-bond acceptors (Lipinski definition) is 7. The zero-order valence-corrected chi connectivity index (χ0v) is 25.8. The van der Waals surface area contributed by atoms with Crippen molar-refractivity contribution in [1.82, 2.24) is 25.1 Å². The van der Waals surface area contributed by atoms with Crippen molar-refractivity contribution in [3.8, 4) is 0 Å². The van der Waals surface area contributed by atoms with Gasteiger partial charge < -0.3 is 15.5 Å². The Hall–Kier alpha value is -3.77. The summed E-state index contributed by atoms with van der Waals surface area (Å²) < 4.78 is 23.9. The highest BCUT2D eigenvalue weighted by atomic mass is 35.5. The molecule has 2 aromatic rings. The van der Waals surface area contributed by atoms with Crippen LogP contribution in [-0.4, -0.2) is 78.8 Å². The van der Waals surface area contributed by atoms with Crippen LogP contribution in [0.3, 0.4) is 0 Å². The first-order chi connectivity index (χ1) is 19.6. The zero-order chi connectivity index (χ0) is 31.2. The summed E-state index contributed by atoms with van der Waals surface area (Å²) in [6, 6.07) is 2.79. The summed E-state index contributed by atoms with van der Waals surface area (Å²) in [5.41, 5.74) is 0.287. The van der Waals surface area contributed by atoms with Crippen LogP contribution in [0, 0.1) is 5.41 Å². The highest BCUT2D eigenvalue weighted by molar-refractivity contribution is 7.90. The topological polar surface area (TPSA) is 148 Å². The van der Waals surface area contributed by atoms with Gasteiger partial charge in [-0.05, 0) is 37.0 Å². The van der Waals surface area contributed by atoms with Crippen LogP contribution in [0.25, 0.3) is 11.0 Å². The minimum Gasteiger partial charge on any atom is -0.352 e. The van der Waals surface area contributed by atoms with Crippen molar-refractivity contribution in [1.29, 1.82) is 0 Å². The van der Waals surface area contributed by atoms with Crippen LogP contribution in [0.1, 0.15) is 47.9 Å². The van der Waals surface area contributed by atoms with Gasteiger partial charge in [-0.15, -0.1) is 0 Å². The maximum atomic E-state index is 13.5. The molecule has 0 saturated carbocycles. The van der Waals surface area contributed by atoms with Gasteiger partial charge in [-0.1, -0.05) is 49.8 Å². The van der Waals surface area contributed by atoms with Gasteiger partial charge in [-0.3, -0.25) is 23.7 Å². The van der Waals surface area contributed by atoms with E-state index in [1.807, 2.05) is 20.8 Å². The Balaban J connectivity index is 1.91. The lowest BCUT2D eigenvalue weighted by Gasteiger charge is -2.45. The third-order valence-corrected chi connectivity index (χ3v) is 7.83. The molecule has 1 aliphatic heterocycles. The molecule has 0 aromatic carbocycles. The summed E-state index contributed by atoms with van der Waals surface area (Å²) in [7, 11) is -3.27. The number of aromatic nitrogens is 2. The molecule has 2 aromatic heterocycles. The van der Waals surface area contributed by atoms with Gasteiger partial charge in [-0.25, -0.2) is 13.4 Å². The number of nitrogens with zero attached hydrogens (tertiary/aromatic N) is 3. The zero-order valence-electron chi connectivity index (χ0n) is 24.2. The van der Waals surface area contributed by atoms with E-state index >= 15 is 0 Å². The minimum atomic E-state index is -3.27.